The number of fused-ring (bicyclic) bond motifs is 3. The Hall–Kier alpha value is -0.710. The summed E-state index contributed by atoms with van der Waals surface area (Å²) in [6, 6.07) is 2.09. The number of nitrogens with zero attached hydrogens (tertiary/aromatic N) is 1. The van der Waals surface area contributed by atoms with Gasteiger partial charge in [-0.1, -0.05) is 0 Å². The van der Waals surface area contributed by atoms with Gasteiger partial charge in [-0.2, -0.15) is 5.26 Å². The molecule has 3 aliphatic rings. The van der Waals surface area contributed by atoms with Gasteiger partial charge < -0.3 is 23.7 Å². The number of hydrogen-bond donors (Lipinski definition) is 0. The highest BCUT2D eigenvalue weighted by molar-refractivity contribution is 5.06. The monoisotopic (exact) mass is 255 g/mol. The van der Waals surface area contributed by atoms with E-state index in [1.165, 1.54) is 0 Å². The standard InChI is InChI=1S/C12H17NO5/c1-11(2)15-7-6(5-13)14-10-9(8(7)16-11)17-12(3,4)18-10/h6-10H,1-4H3/t6?,7-,8-,9+,10+/m0/s1. The van der Waals surface area contributed by atoms with Crippen LogP contribution in [-0.4, -0.2) is 42.3 Å². The molecule has 5 atom stereocenters. The van der Waals surface area contributed by atoms with E-state index in [2.05, 4.69) is 6.07 Å². The normalized spacial score (nSPS) is 48.3. The molecule has 0 aromatic carbocycles. The molecule has 0 aromatic rings. The first-order valence-corrected chi connectivity index (χ1v) is 6.08. The third-order valence-corrected chi connectivity index (χ3v) is 3.28. The van der Waals surface area contributed by atoms with Gasteiger partial charge in [0.2, 0.25) is 0 Å². The number of nitriles is 1. The zero-order valence-electron chi connectivity index (χ0n) is 10.9. The second kappa shape index (κ2) is 3.65. The lowest BCUT2D eigenvalue weighted by Gasteiger charge is -2.33. The number of ether oxygens (including phenoxy) is 5. The highest BCUT2D eigenvalue weighted by atomic mass is 16.9. The molecule has 0 radical (unpaired) electrons. The van der Waals surface area contributed by atoms with Crippen LogP contribution in [0.3, 0.4) is 0 Å². The molecule has 1 unspecified atom stereocenters. The van der Waals surface area contributed by atoms with Crippen LogP contribution in [0.15, 0.2) is 0 Å². The van der Waals surface area contributed by atoms with Crippen LogP contribution >= 0.6 is 0 Å². The summed E-state index contributed by atoms with van der Waals surface area (Å²) in [4.78, 5) is 0. The van der Waals surface area contributed by atoms with Gasteiger partial charge in [-0.3, -0.25) is 0 Å². The van der Waals surface area contributed by atoms with Crippen molar-refractivity contribution in [2.45, 2.75) is 70.0 Å². The van der Waals surface area contributed by atoms with Gasteiger partial charge in [0.25, 0.3) is 0 Å². The Morgan fingerprint density at radius 3 is 2.06 bits per heavy atom. The fraction of sp³-hybridized carbons (Fsp3) is 0.917. The molecule has 3 fully saturated rings. The minimum Gasteiger partial charge on any atom is -0.341 e. The SMILES string of the molecule is CC1(C)O[C@H]2OC(C#N)[C@@H]3OC(C)(C)O[C@@H]3[C@H]2O1. The van der Waals surface area contributed by atoms with Crippen LogP contribution in [0.2, 0.25) is 0 Å². The molecule has 0 aromatic heterocycles. The molecule has 3 heterocycles. The Morgan fingerprint density at radius 2 is 1.39 bits per heavy atom. The summed E-state index contributed by atoms with van der Waals surface area (Å²) in [6.45, 7) is 7.25. The topological polar surface area (TPSA) is 69.9 Å². The molecule has 100 valence electrons. The van der Waals surface area contributed by atoms with Crippen molar-refractivity contribution in [3.63, 3.8) is 0 Å². The van der Waals surface area contributed by atoms with Crippen molar-refractivity contribution in [3.8, 4) is 6.07 Å². The second-order valence-electron chi connectivity index (χ2n) is 5.72. The van der Waals surface area contributed by atoms with Gasteiger partial charge in [-0.05, 0) is 27.7 Å². The summed E-state index contributed by atoms with van der Waals surface area (Å²) in [6.07, 6.45) is -2.43. The molecule has 0 saturated carbocycles. The van der Waals surface area contributed by atoms with E-state index in [1.807, 2.05) is 27.7 Å². The summed E-state index contributed by atoms with van der Waals surface area (Å²) in [5.74, 6) is -1.47. The van der Waals surface area contributed by atoms with Crippen molar-refractivity contribution in [2.24, 2.45) is 0 Å². The van der Waals surface area contributed by atoms with Crippen LogP contribution in [0.1, 0.15) is 27.7 Å². The van der Waals surface area contributed by atoms with Crippen molar-refractivity contribution in [1.82, 2.24) is 0 Å². The molecule has 6 nitrogen and oxygen atoms in total. The Balaban J connectivity index is 1.89. The van der Waals surface area contributed by atoms with Gasteiger partial charge in [0.05, 0.1) is 6.07 Å². The van der Waals surface area contributed by atoms with E-state index in [1.54, 1.807) is 0 Å². The van der Waals surface area contributed by atoms with E-state index in [4.69, 9.17) is 28.9 Å². The van der Waals surface area contributed by atoms with Gasteiger partial charge in [0.15, 0.2) is 24.0 Å². The Kier molecular flexibility index (Phi) is 2.50. The van der Waals surface area contributed by atoms with E-state index in [-0.39, 0.29) is 12.2 Å². The lowest BCUT2D eigenvalue weighted by molar-refractivity contribution is -0.220. The Morgan fingerprint density at radius 1 is 0.833 bits per heavy atom. The molecule has 0 spiro atoms. The molecule has 6 heteroatoms. The number of rotatable bonds is 0. The minimum absolute atomic E-state index is 0.342. The van der Waals surface area contributed by atoms with E-state index < -0.39 is 30.1 Å². The average Bonchev–Trinajstić information content (AvgIpc) is 2.71. The highest BCUT2D eigenvalue weighted by Crippen LogP contribution is 2.43. The second-order valence-corrected chi connectivity index (χ2v) is 5.72. The fourth-order valence-corrected chi connectivity index (χ4v) is 2.72. The predicted molar refractivity (Wildman–Crippen MR) is 58.1 cm³/mol. The first-order valence-electron chi connectivity index (χ1n) is 6.08. The number of hydrogen-bond acceptors (Lipinski definition) is 6. The summed E-state index contributed by atoms with van der Waals surface area (Å²) in [5.41, 5.74) is 0. The van der Waals surface area contributed by atoms with Gasteiger partial charge in [0.1, 0.15) is 18.3 Å². The molecule has 0 aliphatic carbocycles. The van der Waals surface area contributed by atoms with Gasteiger partial charge in [-0.15, -0.1) is 0 Å². The molecule has 0 bridgehead atoms. The van der Waals surface area contributed by atoms with Crippen LogP contribution in [0.25, 0.3) is 0 Å². The zero-order valence-corrected chi connectivity index (χ0v) is 10.9. The van der Waals surface area contributed by atoms with E-state index in [9.17, 15) is 0 Å². The summed E-state index contributed by atoms with van der Waals surface area (Å²) in [5, 5.41) is 9.15. The maximum absolute atomic E-state index is 9.15. The maximum Gasteiger partial charge on any atom is 0.191 e. The van der Waals surface area contributed by atoms with Gasteiger partial charge in [-0.25, -0.2) is 0 Å². The van der Waals surface area contributed by atoms with Gasteiger partial charge >= 0.3 is 0 Å². The van der Waals surface area contributed by atoms with Crippen LogP contribution in [0, 0.1) is 11.3 Å². The van der Waals surface area contributed by atoms with Crippen molar-refractivity contribution < 1.29 is 23.7 Å². The molecule has 3 aliphatic heterocycles. The van der Waals surface area contributed by atoms with Gasteiger partial charge in [0, 0.05) is 0 Å². The minimum atomic E-state index is -0.737. The third kappa shape index (κ3) is 1.83. The predicted octanol–water partition coefficient (Wildman–Crippen LogP) is 0.906. The van der Waals surface area contributed by atoms with Crippen molar-refractivity contribution in [1.29, 1.82) is 5.26 Å². The molecular formula is C12H17NO5. The highest BCUT2D eigenvalue weighted by Gasteiger charge is 2.60. The van der Waals surface area contributed by atoms with Crippen molar-refractivity contribution in [2.75, 3.05) is 0 Å². The van der Waals surface area contributed by atoms with E-state index in [0.717, 1.165) is 0 Å². The first kappa shape index (κ1) is 12.3. The summed E-state index contributed by atoms with van der Waals surface area (Å²) >= 11 is 0. The van der Waals surface area contributed by atoms with Crippen molar-refractivity contribution >= 4 is 0 Å². The molecular weight excluding hydrogens is 238 g/mol. The summed E-state index contributed by atoms with van der Waals surface area (Å²) in [7, 11) is 0. The van der Waals surface area contributed by atoms with Crippen LogP contribution in [0.4, 0.5) is 0 Å². The van der Waals surface area contributed by atoms with Crippen LogP contribution in [0.5, 0.6) is 0 Å². The Bertz CT molecular complexity index is 402. The molecule has 3 saturated heterocycles. The average molecular weight is 255 g/mol. The first-order chi connectivity index (χ1) is 8.31. The zero-order chi connectivity index (χ0) is 13.1. The fourth-order valence-electron chi connectivity index (χ4n) is 2.72. The molecule has 0 amide bonds. The third-order valence-electron chi connectivity index (χ3n) is 3.28. The quantitative estimate of drug-likeness (QED) is 0.640. The van der Waals surface area contributed by atoms with E-state index >= 15 is 0 Å². The maximum atomic E-state index is 9.15. The molecule has 3 rings (SSSR count). The van der Waals surface area contributed by atoms with Crippen molar-refractivity contribution in [3.05, 3.63) is 0 Å². The lowest BCUT2D eigenvalue weighted by atomic mass is 10.00. The summed E-state index contributed by atoms with van der Waals surface area (Å²) < 4.78 is 28.6. The lowest BCUT2D eigenvalue weighted by Crippen LogP contribution is -2.54. The van der Waals surface area contributed by atoms with E-state index in [0.29, 0.717) is 0 Å². The largest absolute Gasteiger partial charge is 0.341 e. The smallest absolute Gasteiger partial charge is 0.191 e. The Labute approximate surface area is 106 Å². The molecule has 0 N–H and O–H groups in total. The van der Waals surface area contributed by atoms with Crippen LogP contribution in [-0.2, 0) is 23.7 Å². The molecule has 18 heavy (non-hydrogen) atoms. The van der Waals surface area contributed by atoms with Crippen LogP contribution < -0.4 is 0 Å².